The SMILES string of the molecule is O=C(Nc1ccc(N2CCCC2)cc1)c1ccc(NCc2cccnc2)nc1. The van der Waals surface area contributed by atoms with Crippen molar-refractivity contribution in [1.82, 2.24) is 9.97 Å². The molecule has 2 aromatic heterocycles. The first-order valence-corrected chi connectivity index (χ1v) is 9.53. The highest BCUT2D eigenvalue weighted by molar-refractivity contribution is 6.04. The van der Waals surface area contributed by atoms with Gasteiger partial charge in [-0.25, -0.2) is 4.98 Å². The highest BCUT2D eigenvalue weighted by Crippen LogP contribution is 2.22. The lowest BCUT2D eigenvalue weighted by Gasteiger charge is -2.17. The zero-order chi connectivity index (χ0) is 19.2. The number of amides is 1. The van der Waals surface area contributed by atoms with Crippen LogP contribution in [0.1, 0.15) is 28.8 Å². The molecular weight excluding hydrogens is 350 g/mol. The third kappa shape index (κ3) is 4.46. The molecule has 6 heteroatoms. The fraction of sp³-hybridized carbons (Fsp3) is 0.227. The van der Waals surface area contributed by atoms with E-state index in [1.54, 1.807) is 18.5 Å². The van der Waals surface area contributed by atoms with Crippen LogP contribution < -0.4 is 15.5 Å². The fourth-order valence-corrected chi connectivity index (χ4v) is 3.26. The molecule has 0 atom stereocenters. The molecule has 0 bridgehead atoms. The van der Waals surface area contributed by atoms with E-state index in [2.05, 4.69) is 37.6 Å². The standard InChI is InChI=1S/C22H23N5O/c28-22(26-19-6-8-20(9-7-19)27-12-1-2-13-27)18-5-10-21(25-16-18)24-15-17-4-3-11-23-14-17/h3-11,14,16H,1-2,12-13,15H2,(H,24,25)(H,26,28). The van der Waals surface area contributed by atoms with Gasteiger partial charge in [0, 0.05) is 49.6 Å². The second-order valence-electron chi connectivity index (χ2n) is 6.84. The van der Waals surface area contributed by atoms with Crippen molar-refractivity contribution in [2.45, 2.75) is 19.4 Å². The number of pyridine rings is 2. The molecule has 0 radical (unpaired) electrons. The zero-order valence-electron chi connectivity index (χ0n) is 15.6. The van der Waals surface area contributed by atoms with Crippen molar-refractivity contribution in [3.8, 4) is 0 Å². The predicted molar refractivity (Wildman–Crippen MR) is 112 cm³/mol. The first-order valence-electron chi connectivity index (χ1n) is 9.53. The number of aromatic nitrogens is 2. The number of nitrogens with zero attached hydrogens (tertiary/aromatic N) is 3. The highest BCUT2D eigenvalue weighted by Gasteiger charge is 2.12. The Bertz CT molecular complexity index is 904. The second kappa shape index (κ2) is 8.52. The van der Waals surface area contributed by atoms with Crippen LogP contribution in [0, 0.1) is 0 Å². The maximum absolute atomic E-state index is 12.5. The van der Waals surface area contributed by atoms with Gasteiger partial charge in [-0.1, -0.05) is 6.07 Å². The van der Waals surface area contributed by atoms with E-state index in [1.165, 1.54) is 18.5 Å². The lowest BCUT2D eigenvalue weighted by molar-refractivity contribution is 0.102. The van der Waals surface area contributed by atoms with E-state index >= 15 is 0 Å². The van der Waals surface area contributed by atoms with E-state index in [-0.39, 0.29) is 5.91 Å². The summed E-state index contributed by atoms with van der Waals surface area (Å²) < 4.78 is 0. The molecular formula is C22H23N5O. The summed E-state index contributed by atoms with van der Waals surface area (Å²) in [5.41, 5.74) is 3.59. The molecule has 142 valence electrons. The number of rotatable bonds is 6. The maximum atomic E-state index is 12.5. The average Bonchev–Trinajstić information content (AvgIpc) is 3.29. The summed E-state index contributed by atoms with van der Waals surface area (Å²) in [5, 5.41) is 6.15. The largest absolute Gasteiger partial charge is 0.372 e. The van der Waals surface area contributed by atoms with Gasteiger partial charge >= 0.3 is 0 Å². The molecule has 1 aliphatic heterocycles. The molecule has 1 aliphatic rings. The van der Waals surface area contributed by atoms with Gasteiger partial charge in [-0.2, -0.15) is 0 Å². The van der Waals surface area contributed by atoms with Crippen molar-refractivity contribution < 1.29 is 4.79 Å². The molecule has 3 aromatic rings. The molecule has 1 saturated heterocycles. The van der Waals surface area contributed by atoms with Crippen LogP contribution in [-0.2, 0) is 6.54 Å². The summed E-state index contributed by atoms with van der Waals surface area (Å²) in [7, 11) is 0. The smallest absolute Gasteiger partial charge is 0.257 e. The Labute approximate surface area is 164 Å². The van der Waals surface area contributed by atoms with Crippen molar-refractivity contribution in [2.75, 3.05) is 28.6 Å². The lowest BCUT2D eigenvalue weighted by atomic mass is 10.2. The Morgan fingerprint density at radius 3 is 2.50 bits per heavy atom. The Balaban J connectivity index is 1.33. The summed E-state index contributed by atoms with van der Waals surface area (Å²) in [6.45, 7) is 2.85. The third-order valence-electron chi connectivity index (χ3n) is 4.82. The van der Waals surface area contributed by atoms with Gasteiger partial charge in [-0.15, -0.1) is 0 Å². The molecule has 0 spiro atoms. The predicted octanol–water partition coefficient (Wildman–Crippen LogP) is 3.94. The number of carbonyl (C=O) groups is 1. The topological polar surface area (TPSA) is 70.2 Å². The highest BCUT2D eigenvalue weighted by atomic mass is 16.1. The van der Waals surface area contributed by atoms with Gasteiger partial charge < -0.3 is 15.5 Å². The van der Waals surface area contributed by atoms with Crippen molar-refractivity contribution in [1.29, 1.82) is 0 Å². The van der Waals surface area contributed by atoms with Crippen LogP contribution in [0.25, 0.3) is 0 Å². The number of hydrogen-bond acceptors (Lipinski definition) is 5. The monoisotopic (exact) mass is 373 g/mol. The van der Waals surface area contributed by atoms with E-state index < -0.39 is 0 Å². The van der Waals surface area contributed by atoms with Crippen LogP contribution >= 0.6 is 0 Å². The van der Waals surface area contributed by atoms with Crippen LogP contribution in [0.5, 0.6) is 0 Å². The molecule has 3 heterocycles. The minimum Gasteiger partial charge on any atom is -0.372 e. The van der Waals surface area contributed by atoms with Crippen LogP contribution in [0.2, 0.25) is 0 Å². The molecule has 0 aliphatic carbocycles. The second-order valence-corrected chi connectivity index (χ2v) is 6.84. The van der Waals surface area contributed by atoms with Gasteiger partial charge in [0.05, 0.1) is 5.56 Å². The van der Waals surface area contributed by atoms with Gasteiger partial charge in [-0.05, 0) is 60.9 Å². The number of benzene rings is 1. The molecule has 1 aromatic carbocycles. The zero-order valence-corrected chi connectivity index (χ0v) is 15.6. The van der Waals surface area contributed by atoms with Crippen molar-refractivity contribution in [2.24, 2.45) is 0 Å². The quantitative estimate of drug-likeness (QED) is 0.685. The minimum atomic E-state index is -0.166. The van der Waals surface area contributed by atoms with Gasteiger partial charge in [-0.3, -0.25) is 9.78 Å². The van der Waals surface area contributed by atoms with E-state index in [4.69, 9.17) is 0 Å². The lowest BCUT2D eigenvalue weighted by Crippen LogP contribution is -2.17. The van der Waals surface area contributed by atoms with Crippen LogP contribution in [-0.4, -0.2) is 29.0 Å². The fourth-order valence-electron chi connectivity index (χ4n) is 3.26. The van der Waals surface area contributed by atoms with Crippen molar-refractivity contribution >= 4 is 23.1 Å². The summed E-state index contributed by atoms with van der Waals surface area (Å²) in [5.74, 6) is 0.551. The Kier molecular flexibility index (Phi) is 5.47. The normalized spacial score (nSPS) is 13.4. The summed E-state index contributed by atoms with van der Waals surface area (Å²) in [6, 6.07) is 15.5. The molecule has 0 saturated carbocycles. The van der Waals surface area contributed by atoms with E-state index in [9.17, 15) is 4.79 Å². The van der Waals surface area contributed by atoms with Gasteiger partial charge in [0.1, 0.15) is 5.82 Å². The molecule has 1 fully saturated rings. The van der Waals surface area contributed by atoms with Crippen LogP contribution in [0.3, 0.4) is 0 Å². The van der Waals surface area contributed by atoms with Crippen LogP contribution in [0.15, 0.2) is 67.1 Å². The molecule has 28 heavy (non-hydrogen) atoms. The van der Waals surface area contributed by atoms with Gasteiger partial charge in [0.15, 0.2) is 0 Å². The first kappa shape index (κ1) is 18.0. The Hall–Kier alpha value is -3.41. The van der Waals surface area contributed by atoms with Gasteiger partial charge in [0.25, 0.3) is 5.91 Å². The molecule has 2 N–H and O–H groups in total. The number of hydrogen-bond donors (Lipinski definition) is 2. The Morgan fingerprint density at radius 2 is 1.82 bits per heavy atom. The summed E-state index contributed by atoms with van der Waals surface area (Å²) >= 11 is 0. The summed E-state index contributed by atoms with van der Waals surface area (Å²) in [4.78, 5) is 23.2. The van der Waals surface area contributed by atoms with Crippen LogP contribution in [0.4, 0.5) is 17.2 Å². The molecule has 6 nitrogen and oxygen atoms in total. The van der Waals surface area contributed by atoms with Gasteiger partial charge in [0.2, 0.25) is 0 Å². The third-order valence-corrected chi connectivity index (χ3v) is 4.82. The molecule has 1 amide bonds. The summed E-state index contributed by atoms with van der Waals surface area (Å²) in [6.07, 6.45) is 7.63. The van der Waals surface area contributed by atoms with E-state index in [1.807, 2.05) is 36.5 Å². The Morgan fingerprint density at radius 1 is 1.00 bits per heavy atom. The number of carbonyl (C=O) groups excluding carboxylic acids is 1. The first-order chi connectivity index (χ1) is 13.8. The average molecular weight is 373 g/mol. The maximum Gasteiger partial charge on any atom is 0.257 e. The van der Waals surface area contributed by atoms with E-state index in [0.29, 0.717) is 12.1 Å². The van der Waals surface area contributed by atoms with Crippen molar-refractivity contribution in [3.05, 3.63) is 78.2 Å². The van der Waals surface area contributed by atoms with Crippen molar-refractivity contribution in [3.63, 3.8) is 0 Å². The van der Waals surface area contributed by atoms with E-state index in [0.717, 1.165) is 30.2 Å². The molecule has 0 unspecified atom stereocenters. The number of nitrogens with one attached hydrogen (secondary N) is 2. The number of anilines is 3. The molecule has 4 rings (SSSR count). The minimum absolute atomic E-state index is 0.166.